The van der Waals surface area contributed by atoms with Crippen LogP contribution in [0.2, 0.25) is 0 Å². The van der Waals surface area contributed by atoms with Crippen molar-refractivity contribution in [3.8, 4) is 0 Å². The number of nitrogens with one attached hydrogen (secondary N) is 1. The van der Waals surface area contributed by atoms with Gasteiger partial charge in [-0.25, -0.2) is 0 Å². The molecule has 0 aromatic carbocycles. The molecule has 2 rings (SSSR count). The van der Waals surface area contributed by atoms with Gasteiger partial charge in [-0.1, -0.05) is 6.92 Å². The number of piperidine rings is 1. The van der Waals surface area contributed by atoms with E-state index in [1.165, 1.54) is 39.0 Å². The van der Waals surface area contributed by atoms with Crippen molar-refractivity contribution in [2.24, 2.45) is 5.92 Å². The van der Waals surface area contributed by atoms with E-state index >= 15 is 0 Å². The molecule has 0 radical (unpaired) electrons. The molecule has 2 aliphatic heterocycles. The Morgan fingerprint density at radius 3 is 3.18 bits per heavy atom. The predicted octanol–water partition coefficient (Wildman–Crippen LogP) is 0.690. The van der Waals surface area contributed by atoms with E-state index in [1.54, 1.807) is 0 Å². The summed E-state index contributed by atoms with van der Waals surface area (Å²) in [6.45, 7) is 7.35. The van der Waals surface area contributed by atoms with Crippen LogP contribution >= 0.6 is 0 Å². The Balaban J connectivity index is 2.00. The predicted molar refractivity (Wildman–Crippen MR) is 46.6 cm³/mol. The maximum Gasteiger partial charge on any atom is 0.0260 e. The fourth-order valence-electron chi connectivity index (χ4n) is 2.56. The number of fused-ring (bicyclic) bond motifs is 1. The summed E-state index contributed by atoms with van der Waals surface area (Å²) in [6, 6.07) is 0.869. The third-order valence-corrected chi connectivity index (χ3v) is 3.20. The van der Waals surface area contributed by atoms with Crippen LogP contribution in [0.25, 0.3) is 0 Å². The quantitative estimate of drug-likeness (QED) is 0.598. The molecular formula is C9H18N2. The Hall–Kier alpha value is -0.0800. The summed E-state index contributed by atoms with van der Waals surface area (Å²) in [4.78, 5) is 2.63. The molecular weight excluding hydrogens is 136 g/mol. The van der Waals surface area contributed by atoms with E-state index < -0.39 is 0 Å². The molecule has 2 aliphatic rings. The number of hydrogen-bond donors (Lipinski definition) is 1. The first-order valence-corrected chi connectivity index (χ1v) is 4.86. The van der Waals surface area contributed by atoms with Gasteiger partial charge in [0.1, 0.15) is 0 Å². The zero-order valence-corrected chi connectivity index (χ0v) is 7.34. The Bertz CT molecular complexity index is 136. The summed E-state index contributed by atoms with van der Waals surface area (Å²) in [5.41, 5.74) is 0. The molecule has 2 nitrogen and oxygen atoms in total. The molecule has 0 spiro atoms. The molecule has 0 aliphatic carbocycles. The molecule has 2 atom stereocenters. The van der Waals surface area contributed by atoms with Gasteiger partial charge in [0.2, 0.25) is 0 Å². The van der Waals surface area contributed by atoms with Gasteiger partial charge < -0.3 is 5.32 Å². The van der Waals surface area contributed by atoms with Gasteiger partial charge in [0.05, 0.1) is 0 Å². The van der Waals surface area contributed by atoms with Crippen molar-refractivity contribution in [2.75, 3.05) is 26.2 Å². The molecule has 0 bridgehead atoms. The SMILES string of the molecule is CCN1CCC[C@H]2CNC[C@H]21. The van der Waals surface area contributed by atoms with Gasteiger partial charge in [0.25, 0.3) is 0 Å². The lowest BCUT2D eigenvalue weighted by Gasteiger charge is -2.36. The number of rotatable bonds is 1. The molecule has 64 valence electrons. The summed E-state index contributed by atoms with van der Waals surface area (Å²) in [5.74, 6) is 0.962. The molecule has 2 saturated heterocycles. The molecule has 11 heavy (non-hydrogen) atoms. The molecule has 0 aromatic rings. The third-order valence-electron chi connectivity index (χ3n) is 3.20. The van der Waals surface area contributed by atoms with Crippen molar-refractivity contribution in [2.45, 2.75) is 25.8 Å². The van der Waals surface area contributed by atoms with Crippen LogP contribution in [0, 0.1) is 5.92 Å². The number of nitrogens with zero attached hydrogens (tertiary/aromatic N) is 1. The summed E-state index contributed by atoms with van der Waals surface area (Å²) in [6.07, 6.45) is 2.87. The largest absolute Gasteiger partial charge is 0.315 e. The minimum absolute atomic E-state index is 0.869. The van der Waals surface area contributed by atoms with E-state index in [9.17, 15) is 0 Å². The topological polar surface area (TPSA) is 15.3 Å². The maximum absolute atomic E-state index is 3.49. The second-order valence-electron chi connectivity index (χ2n) is 3.76. The van der Waals surface area contributed by atoms with Crippen LogP contribution < -0.4 is 5.32 Å². The van der Waals surface area contributed by atoms with Gasteiger partial charge in [-0.15, -0.1) is 0 Å². The highest BCUT2D eigenvalue weighted by Gasteiger charge is 2.33. The summed E-state index contributed by atoms with van der Waals surface area (Å²) in [7, 11) is 0. The smallest absolute Gasteiger partial charge is 0.0260 e. The van der Waals surface area contributed by atoms with Crippen LogP contribution in [0.5, 0.6) is 0 Å². The number of likely N-dealkylation sites (N-methyl/N-ethyl adjacent to an activating group) is 1. The molecule has 2 fully saturated rings. The van der Waals surface area contributed by atoms with Crippen LogP contribution in [0.15, 0.2) is 0 Å². The molecule has 2 heteroatoms. The van der Waals surface area contributed by atoms with Crippen LogP contribution in [0.3, 0.4) is 0 Å². The van der Waals surface area contributed by atoms with Crippen LogP contribution in [-0.2, 0) is 0 Å². The summed E-state index contributed by atoms with van der Waals surface area (Å²) in [5, 5.41) is 3.49. The van der Waals surface area contributed by atoms with E-state index in [0.29, 0.717) is 0 Å². The standard InChI is InChI=1S/C9H18N2/c1-2-11-5-3-4-8-6-10-7-9(8)11/h8-10H,2-7H2,1H3/t8-,9+/m0/s1. The molecule has 0 saturated carbocycles. The normalized spacial score (nSPS) is 39.0. The van der Waals surface area contributed by atoms with E-state index in [2.05, 4.69) is 17.1 Å². The van der Waals surface area contributed by atoms with Crippen LogP contribution in [0.1, 0.15) is 19.8 Å². The van der Waals surface area contributed by atoms with Crippen molar-refractivity contribution >= 4 is 0 Å². The summed E-state index contributed by atoms with van der Waals surface area (Å²) >= 11 is 0. The second-order valence-corrected chi connectivity index (χ2v) is 3.76. The van der Waals surface area contributed by atoms with E-state index in [0.717, 1.165) is 12.0 Å². The fraction of sp³-hybridized carbons (Fsp3) is 1.00. The highest BCUT2D eigenvalue weighted by molar-refractivity contribution is 4.91. The zero-order chi connectivity index (χ0) is 7.68. The maximum atomic E-state index is 3.49. The lowest BCUT2D eigenvalue weighted by atomic mass is 9.92. The van der Waals surface area contributed by atoms with Crippen LogP contribution in [-0.4, -0.2) is 37.1 Å². The van der Waals surface area contributed by atoms with Gasteiger partial charge in [0, 0.05) is 12.6 Å². The van der Waals surface area contributed by atoms with Gasteiger partial charge in [-0.05, 0) is 38.4 Å². The van der Waals surface area contributed by atoms with Crippen molar-refractivity contribution in [3.05, 3.63) is 0 Å². The van der Waals surface area contributed by atoms with Gasteiger partial charge in [-0.2, -0.15) is 0 Å². The monoisotopic (exact) mass is 154 g/mol. The van der Waals surface area contributed by atoms with Crippen molar-refractivity contribution in [1.82, 2.24) is 10.2 Å². The van der Waals surface area contributed by atoms with Gasteiger partial charge in [-0.3, -0.25) is 4.90 Å². The highest BCUT2D eigenvalue weighted by Crippen LogP contribution is 2.25. The first-order chi connectivity index (χ1) is 5.42. The molecule has 2 heterocycles. The molecule has 0 aromatic heterocycles. The third kappa shape index (κ3) is 1.30. The molecule has 0 unspecified atom stereocenters. The lowest BCUT2D eigenvalue weighted by Crippen LogP contribution is -2.44. The first-order valence-electron chi connectivity index (χ1n) is 4.86. The Morgan fingerprint density at radius 1 is 1.45 bits per heavy atom. The highest BCUT2D eigenvalue weighted by atomic mass is 15.2. The van der Waals surface area contributed by atoms with E-state index in [-0.39, 0.29) is 0 Å². The van der Waals surface area contributed by atoms with Crippen LogP contribution in [0.4, 0.5) is 0 Å². The fourth-order valence-corrected chi connectivity index (χ4v) is 2.56. The minimum atomic E-state index is 0.869. The molecule has 0 amide bonds. The Labute approximate surface area is 69.0 Å². The Morgan fingerprint density at radius 2 is 2.36 bits per heavy atom. The van der Waals surface area contributed by atoms with E-state index in [4.69, 9.17) is 0 Å². The average Bonchev–Trinajstić information content (AvgIpc) is 2.50. The Kier molecular flexibility index (Phi) is 2.14. The summed E-state index contributed by atoms with van der Waals surface area (Å²) < 4.78 is 0. The number of likely N-dealkylation sites (tertiary alicyclic amines) is 1. The average molecular weight is 154 g/mol. The van der Waals surface area contributed by atoms with Crippen molar-refractivity contribution in [3.63, 3.8) is 0 Å². The van der Waals surface area contributed by atoms with Gasteiger partial charge >= 0.3 is 0 Å². The van der Waals surface area contributed by atoms with Crippen molar-refractivity contribution in [1.29, 1.82) is 0 Å². The minimum Gasteiger partial charge on any atom is -0.315 e. The van der Waals surface area contributed by atoms with Gasteiger partial charge in [0.15, 0.2) is 0 Å². The molecule has 1 N–H and O–H groups in total. The first kappa shape index (κ1) is 7.56. The second kappa shape index (κ2) is 3.11. The lowest BCUT2D eigenvalue weighted by molar-refractivity contribution is 0.132. The van der Waals surface area contributed by atoms with Crippen molar-refractivity contribution < 1.29 is 0 Å². The van der Waals surface area contributed by atoms with E-state index in [1.807, 2.05) is 0 Å². The number of hydrogen-bond acceptors (Lipinski definition) is 2. The zero-order valence-electron chi connectivity index (χ0n) is 7.34.